The number of nitrogens with one attached hydrogen (secondary N) is 1. The number of piperidine rings is 1. The Balaban J connectivity index is 0.771. The Labute approximate surface area is 267 Å². The number of hydrogen-bond acceptors (Lipinski definition) is 9. The highest BCUT2D eigenvalue weighted by Crippen LogP contribution is 2.97. The number of likely N-dealkylation sites (tertiary alicyclic amines) is 1. The monoisotopic (exact) mass is 641 g/mol. The molecule has 2 N–H and O–H groups in total. The fraction of sp³-hybridized carbons (Fsp3) is 0.727. The molecule has 45 heavy (non-hydrogen) atoms. The van der Waals surface area contributed by atoms with Crippen molar-refractivity contribution in [3.05, 3.63) is 34.1 Å². The van der Waals surface area contributed by atoms with E-state index in [0.29, 0.717) is 40.6 Å². The van der Waals surface area contributed by atoms with Crippen molar-refractivity contribution in [3.8, 4) is 5.75 Å². The zero-order chi connectivity index (χ0) is 30.8. The van der Waals surface area contributed by atoms with Crippen molar-refractivity contribution >= 4 is 28.6 Å². The molecule has 3 saturated carbocycles. The molecule has 3 aliphatic heterocycles. The summed E-state index contributed by atoms with van der Waals surface area (Å²) in [6.45, 7) is 10.5. The molecule has 3 unspecified atom stereocenters. The minimum atomic E-state index is -0.597. The van der Waals surface area contributed by atoms with Crippen LogP contribution in [0.25, 0.3) is 10.9 Å². The predicted molar refractivity (Wildman–Crippen MR) is 169 cm³/mol. The first-order valence-electron chi connectivity index (χ1n) is 16.8. The van der Waals surface area contributed by atoms with Crippen LogP contribution in [0.1, 0.15) is 50.8 Å². The van der Waals surface area contributed by atoms with E-state index in [1.54, 1.807) is 17.8 Å². The van der Waals surface area contributed by atoms with E-state index in [2.05, 4.69) is 24.7 Å². The molecular weight excluding hydrogens is 597 g/mol. The number of piperazine rings is 1. The summed E-state index contributed by atoms with van der Waals surface area (Å²) in [4.78, 5) is 39.4. The molecule has 2 aromatic rings. The Morgan fingerprint density at radius 1 is 1.04 bits per heavy atom. The van der Waals surface area contributed by atoms with E-state index in [1.165, 1.54) is 6.07 Å². The number of nitrogens with zero attached hydrogens (tertiary/aromatic N) is 4. The summed E-state index contributed by atoms with van der Waals surface area (Å²) >= 11 is 1.76. The maximum atomic E-state index is 14.9. The highest BCUT2D eigenvalue weighted by Gasteiger charge is 3.00. The van der Waals surface area contributed by atoms with Crippen molar-refractivity contribution in [1.82, 2.24) is 24.7 Å². The lowest BCUT2D eigenvalue weighted by Gasteiger charge is -2.45. The van der Waals surface area contributed by atoms with Gasteiger partial charge < -0.3 is 24.5 Å². The van der Waals surface area contributed by atoms with E-state index in [1.807, 2.05) is 0 Å². The zero-order valence-electron chi connectivity index (χ0n) is 25.9. The number of hydrogen-bond donors (Lipinski definition) is 2. The molecule has 10 nitrogen and oxygen atoms in total. The summed E-state index contributed by atoms with van der Waals surface area (Å²) in [5.41, 5.74) is -0.106. The van der Waals surface area contributed by atoms with Crippen molar-refractivity contribution in [2.45, 2.75) is 61.5 Å². The second kappa shape index (κ2) is 11.5. The highest BCUT2D eigenvalue weighted by atomic mass is 32.2. The van der Waals surface area contributed by atoms with Gasteiger partial charge in [-0.05, 0) is 64.0 Å². The number of halogens is 1. The molecule has 244 valence electrons. The molecule has 3 aliphatic carbocycles. The SMILES string of the molecule is O=C(O)C12CC3(N4CCN(CCN5CCC(COc6cc(F)c7c(=O)[nH]c(CSC8CCOCC8)nc7c6)CC5)CC4)CC13C2. The van der Waals surface area contributed by atoms with Gasteiger partial charge in [-0.3, -0.25) is 19.4 Å². The molecule has 12 heteroatoms. The molecule has 3 saturated heterocycles. The number of fused-ring (bicyclic) bond motifs is 1. The summed E-state index contributed by atoms with van der Waals surface area (Å²) < 4.78 is 26.4. The van der Waals surface area contributed by atoms with E-state index in [-0.39, 0.29) is 21.8 Å². The number of carboxylic acid groups (broad SMARTS) is 1. The van der Waals surface area contributed by atoms with Crippen molar-refractivity contribution in [3.63, 3.8) is 0 Å². The van der Waals surface area contributed by atoms with Gasteiger partial charge in [0.1, 0.15) is 22.8 Å². The number of H-pyrrole nitrogens is 1. The van der Waals surface area contributed by atoms with Crippen LogP contribution < -0.4 is 10.3 Å². The number of ether oxygens (including phenoxy) is 2. The minimum absolute atomic E-state index is 0.0146. The first-order chi connectivity index (χ1) is 21.8. The second-order valence-electron chi connectivity index (χ2n) is 14.4. The molecule has 0 amide bonds. The third-order valence-electron chi connectivity index (χ3n) is 12.1. The van der Waals surface area contributed by atoms with Gasteiger partial charge in [0.25, 0.3) is 5.56 Å². The van der Waals surface area contributed by atoms with Crippen LogP contribution >= 0.6 is 11.8 Å². The Bertz CT molecular complexity index is 1520. The molecule has 8 rings (SSSR count). The van der Waals surface area contributed by atoms with Crippen LogP contribution in [0.4, 0.5) is 4.39 Å². The zero-order valence-corrected chi connectivity index (χ0v) is 26.7. The quantitative estimate of drug-likeness (QED) is 0.380. The summed E-state index contributed by atoms with van der Waals surface area (Å²) in [5.74, 6) is 0.821. The first kappa shape index (κ1) is 30.1. The molecule has 3 atom stereocenters. The van der Waals surface area contributed by atoms with E-state index in [9.17, 15) is 19.1 Å². The molecule has 6 aliphatic rings. The third kappa shape index (κ3) is 5.19. The Kier molecular flexibility index (Phi) is 7.67. The number of carboxylic acids is 1. The molecule has 1 aromatic heterocycles. The molecule has 0 bridgehead atoms. The highest BCUT2D eigenvalue weighted by molar-refractivity contribution is 7.99. The topological polar surface area (TPSA) is 111 Å². The van der Waals surface area contributed by atoms with Crippen molar-refractivity contribution < 1.29 is 23.8 Å². The van der Waals surface area contributed by atoms with Gasteiger partial charge in [-0.15, -0.1) is 0 Å². The maximum absolute atomic E-state index is 14.9. The summed E-state index contributed by atoms with van der Waals surface area (Å²) in [5, 5.41) is 10.1. The summed E-state index contributed by atoms with van der Waals surface area (Å²) in [6.07, 6.45) is 6.96. The van der Waals surface area contributed by atoms with Gasteiger partial charge in [-0.2, -0.15) is 11.8 Å². The van der Waals surface area contributed by atoms with Crippen LogP contribution in [0, 0.1) is 22.6 Å². The van der Waals surface area contributed by atoms with E-state index < -0.39 is 17.3 Å². The van der Waals surface area contributed by atoms with Crippen LogP contribution in [-0.4, -0.2) is 119 Å². The van der Waals surface area contributed by atoms with E-state index in [4.69, 9.17) is 9.47 Å². The molecule has 1 spiro atoms. The summed E-state index contributed by atoms with van der Waals surface area (Å²) in [6, 6.07) is 3.01. The average molecular weight is 642 g/mol. The Morgan fingerprint density at radius 3 is 2.47 bits per heavy atom. The second-order valence-corrected chi connectivity index (χ2v) is 15.7. The van der Waals surface area contributed by atoms with Crippen molar-refractivity contribution in [1.29, 1.82) is 0 Å². The maximum Gasteiger partial charge on any atom is 0.310 e. The summed E-state index contributed by atoms with van der Waals surface area (Å²) in [7, 11) is 0. The van der Waals surface area contributed by atoms with E-state index in [0.717, 1.165) is 111 Å². The van der Waals surface area contributed by atoms with Gasteiger partial charge in [-0.1, -0.05) is 0 Å². The molecule has 4 heterocycles. The lowest BCUT2D eigenvalue weighted by molar-refractivity contribution is -0.149. The minimum Gasteiger partial charge on any atom is -0.493 e. The Hall–Kier alpha value is -2.25. The van der Waals surface area contributed by atoms with E-state index >= 15 is 0 Å². The van der Waals surface area contributed by atoms with Crippen LogP contribution in [0.2, 0.25) is 0 Å². The lowest BCUT2D eigenvalue weighted by Crippen LogP contribution is -2.57. The number of aromatic nitrogens is 2. The van der Waals surface area contributed by atoms with Crippen molar-refractivity contribution in [2.24, 2.45) is 16.7 Å². The van der Waals surface area contributed by atoms with Crippen molar-refractivity contribution in [2.75, 3.05) is 72.2 Å². The van der Waals surface area contributed by atoms with Crippen LogP contribution in [0.5, 0.6) is 5.75 Å². The molecule has 6 fully saturated rings. The van der Waals surface area contributed by atoms with Gasteiger partial charge in [-0.25, -0.2) is 9.37 Å². The standard InChI is InChI=1S/C33H44FN5O5S/c34-25-15-23(16-26-28(25)29(40)36-27(35-26)18-45-24-3-13-43-14-4-24)44-17-22-1-5-37(6-2-22)7-8-38-9-11-39(12-10-38)33-20-31(30(41)42)19-32(31,33)21-33/h15-16,22,24H,1-14,17-21H2,(H,41,42)(H,35,36,40). The van der Waals surface area contributed by atoms with Crippen LogP contribution in [0.15, 0.2) is 16.9 Å². The average Bonchev–Trinajstić information content (AvgIpc) is 3.82. The number of aromatic amines is 1. The number of aliphatic carboxylic acids is 1. The predicted octanol–water partition coefficient (Wildman–Crippen LogP) is 3.19. The number of thioether (sulfide) groups is 1. The number of carbonyl (C=O) groups is 1. The Morgan fingerprint density at radius 2 is 1.78 bits per heavy atom. The van der Waals surface area contributed by atoms with Crippen LogP contribution in [-0.2, 0) is 15.3 Å². The molecule has 1 aromatic carbocycles. The van der Waals surface area contributed by atoms with Gasteiger partial charge in [0.2, 0.25) is 0 Å². The largest absolute Gasteiger partial charge is 0.493 e. The van der Waals surface area contributed by atoms with Crippen LogP contribution in [0.3, 0.4) is 0 Å². The van der Waals surface area contributed by atoms with Gasteiger partial charge >= 0.3 is 5.97 Å². The number of rotatable bonds is 11. The van der Waals surface area contributed by atoms with Gasteiger partial charge in [0.05, 0.1) is 23.3 Å². The molecular formula is C33H44FN5O5S. The lowest BCUT2D eigenvalue weighted by atomic mass is 9.78. The molecule has 0 radical (unpaired) electrons. The number of benzene rings is 1. The smallest absolute Gasteiger partial charge is 0.310 e. The third-order valence-corrected chi connectivity index (χ3v) is 13.5. The fourth-order valence-electron chi connectivity index (χ4n) is 9.22. The fourth-order valence-corrected chi connectivity index (χ4v) is 10.3. The van der Waals surface area contributed by atoms with Gasteiger partial charge in [0, 0.05) is 80.8 Å². The normalized spacial score (nSPS) is 32.6. The van der Waals surface area contributed by atoms with Gasteiger partial charge in [0.15, 0.2) is 0 Å². The first-order valence-corrected chi connectivity index (χ1v) is 17.8.